The van der Waals surface area contributed by atoms with Crippen LogP contribution in [0.2, 0.25) is 0 Å². The molecule has 11 heteroatoms. The van der Waals surface area contributed by atoms with Crippen LogP contribution in [0.1, 0.15) is 32.8 Å². The highest BCUT2D eigenvalue weighted by molar-refractivity contribution is 7.80. The summed E-state index contributed by atoms with van der Waals surface area (Å²) in [7, 11) is 0. The predicted molar refractivity (Wildman–Crippen MR) is 132 cm³/mol. The molecule has 7 N–H and O–H groups in total. The van der Waals surface area contributed by atoms with E-state index in [0.29, 0.717) is 6.42 Å². The molecule has 0 radical (unpaired) electrons. The molecule has 5 atom stereocenters. The van der Waals surface area contributed by atoms with Crippen LogP contribution in [0.5, 0.6) is 0 Å². The van der Waals surface area contributed by atoms with Crippen LogP contribution in [0.15, 0.2) is 30.5 Å². The van der Waals surface area contributed by atoms with Crippen LogP contribution in [0.4, 0.5) is 0 Å². The van der Waals surface area contributed by atoms with Crippen LogP contribution in [0, 0.1) is 5.92 Å². The summed E-state index contributed by atoms with van der Waals surface area (Å²) in [6.07, 6.45) is 2.55. The molecule has 0 aliphatic carbocycles. The maximum absolute atomic E-state index is 13.0. The van der Waals surface area contributed by atoms with Crippen molar-refractivity contribution in [3.05, 3.63) is 36.0 Å². The highest BCUT2D eigenvalue weighted by atomic mass is 32.1. The first-order valence-corrected chi connectivity index (χ1v) is 11.8. The van der Waals surface area contributed by atoms with Gasteiger partial charge in [0.05, 0.1) is 6.04 Å². The molecule has 1 aromatic carbocycles. The van der Waals surface area contributed by atoms with Gasteiger partial charge in [-0.1, -0.05) is 38.5 Å². The van der Waals surface area contributed by atoms with Gasteiger partial charge in [0, 0.05) is 29.3 Å². The third-order valence-corrected chi connectivity index (χ3v) is 6.21. The summed E-state index contributed by atoms with van der Waals surface area (Å²) < 4.78 is 0. The Bertz CT molecular complexity index is 1030. The minimum absolute atomic E-state index is 0.0650. The Morgan fingerprint density at radius 2 is 1.68 bits per heavy atom. The highest BCUT2D eigenvalue weighted by Gasteiger charge is 2.29. The van der Waals surface area contributed by atoms with Gasteiger partial charge in [-0.15, -0.1) is 0 Å². The van der Waals surface area contributed by atoms with Gasteiger partial charge in [0.25, 0.3) is 0 Å². The monoisotopic (exact) mass is 491 g/mol. The molecule has 1 aromatic heterocycles. The van der Waals surface area contributed by atoms with Gasteiger partial charge in [-0.3, -0.25) is 14.4 Å². The lowest BCUT2D eigenvalue weighted by atomic mass is 9.99. The van der Waals surface area contributed by atoms with E-state index in [1.807, 2.05) is 38.1 Å². The van der Waals surface area contributed by atoms with E-state index in [1.165, 1.54) is 6.92 Å². The number of carbonyl (C=O) groups excluding carboxylic acids is 3. The second-order valence-electron chi connectivity index (χ2n) is 8.35. The van der Waals surface area contributed by atoms with E-state index in [9.17, 15) is 24.3 Å². The number of hydrogen-bond donors (Lipinski definition) is 7. The summed E-state index contributed by atoms with van der Waals surface area (Å²) in [4.78, 5) is 52.6. The lowest BCUT2D eigenvalue weighted by molar-refractivity contribution is -0.141. The largest absolute Gasteiger partial charge is 0.480 e. The van der Waals surface area contributed by atoms with Crippen LogP contribution in [-0.4, -0.2) is 63.7 Å². The number of thiol groups is 1. The van der Waals surface area contributed by atoms with E-state index in [2.05, 4.69) is 33.6 Å². The van der Waals surface area contributed by atoms with Crippen molar-refractivity contribution in [3.8, 4) is 0 Å². The number of H-pyrrole nitrogens is 1. The second-order valence-corrected chi connectivity index (χ2v) is 8.71. The molecule has 1 heterocycles. The summed E-state index contributed by atoms with van der Waals surface area (Å²) >= 11 is 3.97. The molecule has 0 saturated heterocycles. The zero-order valence-electron chi connectivity index (χ0n) is 19.5. The molecular weight excluding hydrogens is 458 g/mol. The summed E-state index contributed by atoms with van der Waals surface area (Å²) in [5, 5.41) is 17.8. The molecule has 0 bridgehead atoms. The minimum Gasteiger partial charge on any atom is -0.480 e. The number of carbonyl (C=O) groups is 4. The molecule has 186 valence electrons. The van der Waals surface area contributed by atoms with Crippen molar-refractivity contribution in [1.29, 1.82) is 0 Å². The number of benzene rings is 1. The van der Waals surface area contributed by atoms with Crippen molar-refractivity contribution in [2.45, 2.75) is 57.8 Å². The van der Waals surface area contributed by atoms with Crippen LogP contribution in [0.3, 0.4) is 0 Å². The smallest absolute Gasteiger partial charge is 0.327 e. The zero-order valence-corrected chi connectivity index (χ0v) is 20.4. The van der Waals surface area contributed by atoms with Crippen molar-refractivity contribution in [3.63, 3.8) is 0 Å². The Labute approximate surface area is 203 Å². The summed E-state index contributed by atoms with van der Waals surface area (Å²) in [6.45, 7) is 5.25. The Balaban J connectivity index is 2.19. The number of carboxylic acid groups (broad SMARTS) is 1. The number of hydrogen-bond acceptors (Lipinski definition) is 6. The average Bonchev–Trinajstić information content (AvgIpc) is 3.23. The number of aliphatic carboxylic acids is 1. The van der Waals surface area contributed by atoms with Gasteiger partial charge in [-0.05, 0) is 24.5 Å². The van der Waals surface area contributed by atoms with Gasteiger partial charge < -0.3 is 31.8 Å². The molecule has 0 saturated carbocycles. The van der Waals surface area contributed by atoms with Gasteiger partial charge >= 0.3 is 5.97 Å². The normalized spacial score (nSPS) is 15.6. The van der Waals surface area contributed by atoms with Crippen molar-refractivity contribution in [1.82, 2.24) is 20.9 Å². The third-order valence-electron chi connectivity index (χ3n) is 5.84. The maximum atomic E-state index is 13.0. The lowest BCUT2D eigenvalue weighted by Gasteiger charge is -2.24. The van der Waals surface area contributed by atoms with E-state index < -0.39 is 47.9 Å². The third kappa shape index (κ3) is 6.97. The number of amides is 3. The topological polar surface area (TPSA) is 166 Å². The molecule has 10 nitrogen and oxygen atoms in total. The van der Waals surface area contributed by atoms with Gasteiger partial charge in [-0.25, -0.2) is 4.79 Å². The first-order valence-electron chi connectivity index (χ1n) is 11.1. The second kappa shape index (κ2) is 12.4. The molecule has 0 fully saturated rings. The Kier molecular flexibility index (Phi) is 9.94. The number of rotatable bonds is 12. The molecule has 2 rings (SSSR count). The number of aromatic amines is 1. The maximum Gasteiger partial charge on any atom is 0.327 e. The highest BCUT2D eigenvalue weighted by Crippen LogP contribution is 2.19. The summed E-state index contributed by atoms with van der Waals surface area (Å²) in [5.41, 5.74) is 7.57. The number of nitrogens with two attached hydrogens (primary N) is 1. The van der Waals surface area contributed by atoms with Crippen LogP contribution >= 0.6 is 12.6 Å². The molecule has 5 unspecified atom stereocenters. The van der Waals surface area contributed by atoms with Gasteiger partial charge in [0.15, 0.2) is 0 Å². The SMILES string of the molecule is CCC(C)C(N)C(=O)NC(C)C(=O)NC(Cc1c[nH]c2ccccc12)C(=O)NC(CS)C(=O)O. The van der Waals surface area contributed by atoms with Crippen LogP contribution in [0.25, 0.3) is 10.9 Å². The fourth-order valence-electron chi connectivity index (χ4n) is 3.37. The Morgan fingerprint density at radius 3 is 2.29 bits per heavy atom. The fourth-order valence-corrected chi connectivity index (χ4v) is 3.62. The van der Waals surface area contributed by atoms with E-state index >= 15 is 0 Å². The average molecular weight is 492 g/mol. The number of para-hydroxylation sites is 1. The van der Waals surface area contributed by atoms with Crippen LogP contribution < -0.4 is 21.7 Å². The first-order chi connectivity index (χ1) is 16.1. The van der Waals surface area contributed by atoms with Gasteiger partial charge in [0.2, 0.25) is 17.7 Å². The molecule has 3 amide bonds. The molecule has 2 aromatic rings. The van der Waals surface area contributed by atoms with Crippen molar-refractivity contribution in [2.24, 2.45) is 11.7 Å². The van der Waals surface area contributed by atoms with Crippen molar-refractivity contribution >= 4 is 47.2 Å². The number of aromatic nitrogens is 1. The fraction of sp³-hybridized carbons (Fsp3) is 0.478. The first kappa shape index (κ1) is 27.2. The molecule has 0 aliphatic rings. The quantitative estimate of drug-likeness (QED) is 0.214. The van der Waals surface area contributed by atoms with Crippen molar-refractivity contribution < 1.29 is 24.3 Å². The van der Waals surface area contributed by atoms with E-state index in [-0.39, 0.29) is 18.1 Å². The summed E-state index contributed by atoms with van der Waals surface area (Å²) in [6, 6.07) is 3.45. The van der Waals surface area contributed by atoms with Gasteiger partial charge in [0.1, 0.15) is 18.1 Å². The predicted octanol–water partition coefficient (Wildman–Crippen LogP) is 0.573. The van der Waals surface area contributed by atoms with Gasteiger partial charge in [-0.2, -0.15) is 12.6 Å². The van der Waals surface area contributed by atoms with E-state index in [0.717, 1.165) is 16.5 Å². The number of carboxylic acids is 1. The summed E-state index contributed by atoms with van der Waals surface area (Å²) in [5.74, 6) is -3.15. The van der Waals surface area contributed by atoms with E-state index in [1.54, 1.807) is 6.20 Å². The number of nitrogens with one attached hydrogen (secondary N) is 4. The standard InChI is InChI=1S/C23H33N5O5S/c1-4-12(2)19(24)22(31)26-13(3)20(29)27-17(21(30)28-18(11-34)23(32)33)9-14-10-25-16-8-6-5-7-15(14)16/h5-8,10,12-13,17-19,25,34H,4,9,11,24H2,1-3H3,(H,26,31)(H,27,29)(H,28,30)(H,32,33). The zero-order chi connectivity index (χ0) is 25.4. The molecular formula is C23H33N5O5S. The Hall–Kier alpha value is -3.05. The Morgan fingerprint density at radius 1 is 1.03 bits per heavy atom. The van der Waals surface area contributed by atoms with Crippen LogP contribution in [-0.2, 0) is 25.6 Å². The minimum atomic E-state index is -1.24. The molecule has 0 spiro atoms. The number of fused-ring (bicyclic) bond motifs is 1. The lowest BCUT2D eigenvalue weighted by Crippen LogP contribution is -2.57. The molecule has 34 heavy (non-hydrogen) atoms. The molecule has 0 aliphatic heterocycles. The van der Waals surface area contributed by atoms with Crippen molar-refractivity contribution in [2.75, 3.05) is 5.75 Å². The van der Waals surface area contributed by atoms with E-state index in [4.69, 9.17) is 5.73 Å².